The van der Waals surface area contributed by atoms with E-state index in [0.717, 1.165) is 18.3 Å². The van der Waals surface area contributed by atoms with Gasteiger partial charge in [0.05, 0.1) is 12.2 Å². The lowest BCUT2D eigenvalue weighted by Gasteiger charge is -2.31. The minimum Gasteiger partial charge on any atom is -0.429 e. The van der Waals surface area contributed by atoms with Gasteiger partial charge in [-0.15, -0.1) is 0 Å². The van der Waals surface area contributed by atoms with Crippen molar-refractivity contribution in [1.82, 2.24) is 4.98 Å². The number of hydrogen-bond acceptors (Lipinski definition) is 7. The Labute approximate surface area is 199 Å². The molecule has 1 aromatic carbocycles. The number of methoxy groups -OCH3 is 1. The molecule has 1 saturated heterocycles. The second kappa shape index (κ2) is 9.70. The van der Waals surface area contributed by atoms with Crippen LogP contribution >= 0.6 is 0 Å². The fraction of sp³-hybridized carbons (Fsp3) is 0.368. The maximum Gasteiger partial charge on any atom is 0.419 e. The number of carbonyl (C=O) groups is 1. The maximum atomic E-state index is 14.3. The molecule has 0 aliphatic carbocycles. The summed E-state index contributed by atoms with van der Waals surface area (Å²) in [6, 6.07) is 1.19. The van der Waals surface area contributed by atoms with E-state index in [9.17, 15) is 43.9 Å². The lowest BCUT2D eigenvalue weighted by atomic mass is 9.99. The Hall–Kier alpha value is -3.18. The number of carbonyl (C=O) groups excluding carboxylic acids is 1. The molecular formula is C19H17F7N4O5S. The molecule has 0 saturated carbocycles. The van der Waals surface area contributed by atoms with E-state index in [2.05, 4.69) is 19.8 Å². The zero-order valence-electron chi connectivity index (χ0n) is 18.0. The van der Waals surface area contributed by atoms with Crippen LogP contribution in [0, 0.1) is 11.6 Å². The summed E-state index contributed by atoms with van der Waals surface area (Å²) < 4.78 is 127. The van der Waals surface area contributed by atoms with Gasteiger partial charge in [-0.3, -0.25) is 4.79 Å². The van der Waals surface area contributed by atoms with Crippen LogP contribution in [0.4, 0.5) is 42.1 Å². The van der Waals surface area contributed by atoms with Crippen LogP contribution in [0.3, 0.4) is 0 Å². The molecule has 2 atom stereocenters. The Morgan fingerprint density at radius 1 is 1.28 bits per heavy atom. The molecule has 0 radical (unpaired) electrons. The summed E-state index contributed by atoms with van der Waals surface area (Å²) in [6.45, 7) is -4.87. The summed E-state index contributed by atoms with van der Waals surface area (Å²) in [5.41, 5.74) is -4.04. The van der Waals surface area contributed by atoms with E-state index in [1.54, 1.807) is 0 Å². The van der Waals surface area contributed by atoms with E-state index in [1.807, 2.05) is 0 Å². The Bertz CT molecular complexity index is 1260. The largest absolute Gasteiger partial charge is 0.429 e. The number of alkyl halides is 5. The number of nitrogens with one attached hydrogen (secondary N) is 1. The number of rotatable bonds is 7. The van der Waals surface area contributed by atoms with Gasteiger partial charge in [0, 0.05) is 31.5 Å². The number of hydrogen-bond donors (Lipinski definition) is 2. The number of primary sulfonamides is 1. The van der Waals surface area contributed by atoms with Gasteiger partial charge in [-0.25, -0.2) is 22.9 Å². The van der Waals surface area contributed by atoms with Crippen molar-refractivity contribution in [3.8, 4) is 5.75 Å². The second-order valence-corrected chi connectivity index (χ2v) is 9.06. The Morgan fingerprint density at radius 2 is 1.94 bits per heavy atom. The molecule has 2 aromatic rings. The highest BCUT2D eigenvalue weighted by atomic mass is 32.2. The fourth-order valence-corrected chi connectivity index (χ4v) is 4.15. The van der Waals surface area contributed by atoms with Gasteiger partial charge in [0.1, 0.15) is 6.04 Å². The highest BCUT2D eigenvalue weighted by Crippen LogP contribution is 2.47. The number of amides is 1. The van der Waals surface area contributed by atoms with Crippen molar-refractivity contribution in [3.63, 3.8) is 0 Å². The summed E-state index contributed by atoms with van der Waals surface area (Å²) in [6.07, 6.45) is -5.24. The highest BCUT2D eigenvalue weighted by molar-refractivity contribution is 7.89. The topological polar surface area (TPSA) is 124 Å². The van der Waals surface area contributed by atoms with E-state index in [4.69, 9.17) is 5.14 Å². The summed E-state index contributed by atoms with van der Waals surface area (Å²) >= 11 is 0. The van der Waals surface area contributed by atoms with Crippen LogP contribution in [0.15, 0.2) is 35.5 Å². The maximum absolute atomic E-state index is 14.3. The van der Waals surface area contributed by atoms with Crippen LogP contribution in [0.5, 0.6) is 5.75 Å². The first kappa shape index (κ1) is 27.4. The summed E-state index contributed by atoms with van der Waals surface area (Å²) in [5, 5.41) is 6.47. The third-order valence-corrected chi connectivity index (χ3v) is 6.18. The molecule has 0 bridgehead atoms. The highest BCUT2D eigenvalue weighted by Gasteiger charge is 2.63. The molecular weight excluding hydrogens is 529 g/mol. The number of nitrogens with zero attached hydrogens (tertiary/aromatic N) is 2. The number of benzene rings is 1. The molecule has 1 amide bonds. The minimum absolute atomic E-state index is 0.241. The zero-order valence-corrected chi connectivity index (χ0v) is 18.8. The molecule has 3 N–H and O–H groups in total. The third-order valence-electron chi connectivity index (χ3n) is 5.37. The fourth-order valence-electron chi connectivity index (χ4n) is 3.65. The first-order valence-corrected chi connectivity index (χ1v) is 11.3. The van der Waals surface area contributed by atoms with Crippen molar-refractivity contribution in [2.24, 2.45) is 5.14 Å². The molecule has 1 aliphatic heterocycles. The molecule has 0 unspecified atom stereocenters. The van der Waals surface area contributed by atoms with Gasteiger partial charge < -0.3 is 19.7 Å². The van der Waals surface area contributed by atoms with Crippen molar-refractivity contribution >= 4 is 27.3 Å². The van der Waals surface area contributed by atoms with Crippen molar-refractivity contribution in [1.29, 1.82) is 0 Å². The third kappa shape index (κ3) is 5.31. The molecule has 3 rings (SSSR count). The number of anilines is 2. The summed E-state index contributed by atoms with van der Waals surface area (Å²) in [4.78, 5) is 17.1. The van der Waals surface area contributed by atoms with Gasteiger partial charge in [-0.1, -0.05) is 0 Å². The number of pyridine rings is 1. The van der Waals surface area contributed by atoms with E-state index in [0.29, 0.717) is 24.1 Å². The Kier molecular flexibility index (Phi) is 7.39. The van der Waals surface area contributed by atoms with Crippen molar-refractivity contribution in [3.05, 3.63) is 42.1 Å². The first-order chi connectivity index (χ1) is 16.6. The second-order valence-electron chi connectivity index (χ2n) is 7.55. The summed E-state index contributed by atoms with van der Waals surface area (Å²) in [7, 11) is -3.60. The van der Waals surface area contributed by atoms with Crippen molar-refractivity contribution < 1.29 is 53.4 Å². The van der Waals surface area contributed by atoms with Gasteiger partial charge in [0.25, 0.3) is 10.0 Å². The molecule has 1 fully saturated rings. The summed E-state index contributed by atoms with van der Waals surface area (Å²) in [5.74, 6) is -6.16. The van der Waals surface area contributed by atoms with E-state index in [-0.39, 0.29) is 5.69 Å². The van der Waals surface area contributed by atoms with Crippen LogP contribution in [0.2, 0.25) is 0 Å². The van der Waals surface area contributed by atoms with Gasteiger partial charge in [0.15, 0.2) is 22.2 Å². The number of ether oxygens (including phenoxy) is 2. The van der Waals surface area contributed by atoms with Crippen LogP contribution in [0.1, 0.15) is 6.42 Å². The average molecular weight is 546 g/mol. The molecule has 2 heterocycles. The van der Waals surface area contributed by atoms with E-state index >= 15 is 0 Å². The molecule has 0 spiro atoms. The van der Waals surface area contributed by atoms with E-state index in [1.165, 1.54) is 0 Å². The minimum atomic E-state index is -5.09. The Morgan fingerprint density at radius 3 is 2.50 bits per heavy atom. The lowest BCUT2D eigenvalue weighted by Crippen LogP contribution is -2.49. The predicted octanol–water partition coefficient (Wildman–Crippen LogP) is 2.77. The quantitative estimate of drug-likeness (QED) is 0.512. The molecule has 17 heteroatoms. The van der Waals surface area contributed by atoms with Gasteiger partial charge in [-0.2, -0.15) is 26.3 Å². The van der Waals surface area contributed by atoms with Crippen LogP contribution in [-0.2, 0) is 19.6 Å². The number of sulfonamides is 1. The number of halogens is 7. The average Bonchev–Trinajstić information content (AvgIpc) is 3.18. The smallest absolute Gasteiger partial charge is 0.419 e. The van der Waals surface area contributed by atoms with Crippen LogP contribution in [-0.4, -0.2) is 57.4 Å². The van der Waals surface area contributed by atoms with Crippen LogP contribution < -0.4 is 20.1 Å². The van der Waals surface area contributed by atoms with Crippen LogP contribution in [0.25, 0.3) is 0 Å². The molecule has 36 heavy (non-hydrogen) atoms. The van der Waals surface area contributed by atoms with Gasteiger partial charge in [0.2, 0.25) is 11.7 Å². The van der Waals surface area contributed by atoms with Crippen molar-refractivity contribution in [2.45, 2.75) is 35.9 Å². The molecule has 9 nitrogen and oxygen atoms in total. The zero-order chi connectivity index (χ0) is 27.1. The molecule has 1 aromatic heterocycles. The van der Waals surface area contributed by atoms with Crippen molar-refractivity contribution in [2.75, 3.05) is 23.9 Å². The van der Waals surface area contributed by atoms with E-state index < -0.39 is 81.4 Å². The standard InChI is InChI=1S/C19H17F7N4O5S/c1-34-18(19(24,25)26)7-12(16(31)29-9-4-5-28-13(6-9)36(27,32)33)30(8-18)11-3-2-10(20)14(21)15(11)35-17(22)23/h2-6,12,17H,7-8H2,1H3,(H2,27,32,33)(H,28,29,31)/t12-,18+/m1/s1. The molecule has 198 valence electrons. The van der Waals surface area contributed by atoms with Gasteiger partial charge >= 0.3 is 12.8 Å². The van der Waals surface area contributed by atoms with Gasteiger partial charge in [-0.05, 0) is 18.2 Å². The monoisotopic (exact) mass is 546 g/mol. The normalized spacial score (nSPS) is 20.6. The number of nitrogens with two attached hydrogens (primary N) is 1. The number of aromatic nitrogens is 1. The first-order valence-electron chi connectivity index (χ1n) is 9.70. The Balaban J connectivity index is 2.09. The predicted molar refractivity (Wildman–Crippen MR) is 109 cm³/mol. The molecule has 1 aliphatic rings. The lowest BCUT2D eigenvalue weighted by molar-refractivity contribution is -0.261. The SMILES string of the molecule is CO[C@@]1(C(F)(F)F)C[C@H](C(=O)Nc2ccnc(S(N)(=O)=O)c2)N(c2ccc(F)c(F)c2OC(F)F)C1.